The normalized spacial score (nSPS) is 43.3. The fourth-order valence-corrected chi connectivity index (χ4v) is 13.0. The molecule has 0 aromatic rings. The van der Waals surface area contributed by atoms with Gasteiger partial charge in [0.05, 0.1) is 14.2 Å². The van der Waals surface area contributed by atoms with Crippen LogP contribution >= 0.6 is 0 Å². The molecule has 0 radical (unpaired) electrons. The number of hydrogen-bond acceptors (Lipinski definition) is 1. The van der Waals surface area contributed by atoms with Crippen molar-refractivity contribution < 1.29 is 4.74 Å². The van der Waals surface area contributed by atoms with E-state index in [9.17, 15) is 0 Å². The van der Waals surface area contributed by atoms with Crippen molar-refractivity contribution in [2.45, 2.75) is 114 Å². The van der Waals surface area contributed by atoms with Crippen LogP contribution in [0, 0.1) is 23.7 Å². The summed E-state index contributed by atoms with van der Waals surface area (Å²) in [6.45, 7) is 5.59. The average molecular weight is 363 g/mol. The Kier molecular flexibility index (Phi) is 5.68. The lowest BCUT2D eigenvalue weighted by atomic mass is 9.65. The first-order valence-corrected chi connectivity index (χ1v) is 14.8. The molecule has 0 N–H and O–H groups in total. The summed E-state index contributed by atoms with van der Waals surface area (Å²) in [5.41, 5.74) is 2.33. The Morgan fingerprint density at radius 2 is 1.32 bits per heavy atom. The molecule has 2 heteroatoms. The highest BCUT2D eigenvalue weighted by Crippen LogP contribution is 2.60. The SMILES string of the molecule is COC1CCC(C2CCCC3C2CCC3[Si](C)(C)C2CCCC2)CC1. The van der Waals surface area contributed by atoms with E-state index in [1.54, 1.807) is 44.9 Å². The number of fused-ring (bicyclic) bond motifs is 1. The van der Waals surface area contributed by atoms with Gasteiger partial charge >= 0.3 is 0 Å². The Morgan fingerprint density at radius 1 is 0.640 bits per heavy atom. The molecule has 1 nitrogen and oxygen atoms in total. The number of hydrogen-bond donors (Lipinski definition) is 0. The smallest absolute Gasteiger partial charge is 0.0571 e. The summed E-state index contributed by atoms with van der Waals surface area (Å²) in [5, 5.41) is 0. The number of ether oxygens (including phenoxy) is 1. The third-order valence-corrected chi connectivity index (χ3v) is 14.8. The van der Waals surface area contributed by atoms with Gasteiger partial charge in [-0.3, -0.25) is 0 Å². The molecule has 0 bridgehead atoms. The maximum atomic E-state index is 5.64. The largest absolute Gasteiger partial charge is 0.381 e. The Bertz CT molecular complexity index is 433. The molecule has 144 valence electrons. The summed E-state index contributed by atoms with van der Waals surface area (Å²) in [6, 6.07) is 0. The lowest BCUT2D eigenvalue weighted by Crippen LogP contribution is -2.42. The zero-order valence-electron chi connectivity index (χ0n) is 17.1. The van der Waals surface area contributed by atoms with E-state index in [-0.39, 0.29) is 0 Å². The molecule has 0 heterocycles. The van der Waals surface area contributed by atoms with Gasteiger partial charge in [-0.1, -0.05) is 58.0 Å². The second-order valence-electron chi connectivity index (χ2n) is 10.7. The molecule has 0 aromatic heterocycles. The van der Waals surface area contributed by atoms with Crippen molar-refractivity contribution in [2.24, 2.45) is 23.7 Å². The molecule has 4 aliphatic carbocycles. The molecule has 0 saturated heterocycles. The third kappa shape index (κ3) is 3.51. The van der Waals surface area contributed by atoms with Crippen LogP contribution < -0.4 is 0 Å². The minimum atomic E-state index is -1.06. The molecule has 4 unspecified atom stereocenters. The summed E-state index contributed by atoms with van der Waals surface area (Å²) < 4.78 is 5.64. The van der Waals surface area contributed by atoms with Crippen LogP contribution in [0.2, 0.25) is 24.2 Å². The summed E-state index contributed by atoms with van der Waals surface area (Å²) in [4.78, 5) is 0. The second kappa shape index (κ2) is 7.66. The first-order chi connectivity index (χ1) is 12.1. The highest BCUT2D eigenvalue weighted by Gasteiger charge is 2.52. The van der Waals surface area contributed by atoms with Gasteiger partial charge in [0.15, 0.2) is 0 Å². The lowest BCUT2D eigenvalue weighted by Gasteiger charge is -2.46. The molecule has 4 rings (SSSR count). The molecule has 4 fully saturated rings. The van der Waals surface area contributed by atoms with Gasteiger partial charge < -0.3 is 4.74 Å². The Balaban J connectivity index is 1.43. The van der Waals surface area contributed by atoms with Crippen LogP contribution in [-0.4, -0.2) is 21.3 Å². The van der Waals surface area contributed by atoms with Crippen LogP contribution in [0.25, 0.3) is 0 Å². The van der Waals surface area contributed by atoms with Gasteiger partial charge in [-0.25, -0.2) is 0 Å². The number of methoxy groups -OCH3 is 1. The van der Waals surface area contributed by atoms with Gasteiger partial charge in [0.2, 0.25) is 0 Å². The zero-order chi connectivity index (χ0) is 17.4. The minimum absolute atomic E-state index is 0.570. The van der Waals surface area contributed by atoms with E-state index in [2.05, 4.69) is 13.1 Å². The molecule has 4 atom stereocenters. The maximum Gasteiger partial charge on any atom is 0.0571 e. The standard InChI is InChI=1S/C23H42OSi/c1-24-18-13-11-17(12-14-18)20-9-6-10-22-21(20)15-16-23(22)25(2,3)19-7-4-5-8-19/h17-23H,4-16H2,1-3H3. The summed E-state index contributed by atoms with van der Waals surface area (Å²) in [5.74, 6) is 4.35. The quantitative estimate of drug-likeness (QED) is 0.487. The van der Waals surface area contributed by atoms with Crippen molar-refractivity contribution in [3.05, 3.63) is 0 Å². The first kappa shape index (κ1) is 18.5. The average Bonchev–Trinajstić information content (AvgIpc) is 3.31. The van der Waals surface area contributed by atoms with Crippen molar-refractivity contribution in [3.8, 4) is 0 Å². The van der Waals surface area contributed by atoms with Crippen LogP contribution in [0.4, 0.5) is 0 Å². The molecule has 4 aliphatic rings. The molecule has 0 aromatic carbocycles. The van der Waals surface area contributed by atoms with Gasteiger partial charge in [-0.05, 0) is 73.3 Å². The molecular formula is C23H42OSi. The Labute approximate surface area is 157 Å². The monoisotopic (exact) mass is 362 g/mol. The number of rotatable bonds is 4. The van der Waals surface area contributed by atoms with E-state index in [1.165, 1.54) is 44.1 Å². The fourth-order valence-electron chi connectivity index (χ4n) is 8.08. The van der Waals surface area contributed by atoms with Crippen molar-refractivity contribution in [1.29, 1.82) is 0 Å². The summed E-state index contributed by atoms with van der Waals surface area (Å²) in [7, 11) is 0.854. The van der Waals surface area contributed by atoms with E-state index in [4.69, 9.17) is 4.74 Å². The molecule has 0 amide bonds. The highest BCUT2D eigenvalue weighted by atomic mass is 28.3. The first-order valence-electron chi connectivity index (χ1n) is 11.6. The summed E-state index contributed by atoms with van der Waals surface area (Å²) in [6.07, 6.45) is 20.3. The van der Waals surface area contributed by atoms with E-state index >= 15 is 0 Å². The van der Waals surface area contributed by atoms with E-state index < -0.39 is 8.07 Å². The van der Waals surface area contributed by atoms with Crippen LogP contribution in [-0.2, 0) is 4.74 Å². The van der Waals surface area contributed by atoms with E-state index in [1.807, 2.05) is 7.11 Å². The summed E-state index contributed by atoms with van der Waals surface area (Å²) >= 11 is 0. The van der Waals surface area contributed by atoms with Gasteiger partial charge in [0, 0.05) is 7.11 Å². The highest BCUT2D eigenvalue weighted by molar-refractivity contribution is 6.80. The Morgan fingerprint density at radius 3 is 2.00 bits per heavy atom. The third-order valence-electron chi connectivity index (χ3n) is 9.52. The minimum Gasteiger partial charge on any atom is -0.381 e. The zero-order valence-corrected chi connectivity index (χ0v) is 18.1. The topological polar surface area (TPSA) is 9.23 Å². The molecule has 0 aliphatic heterocycles. The van der Waals surface area contributed by atoms with E-state index in [0.29, 0.717) is 6.10 Å². The van der Waals surface area contributed by atoms with Gasteiger partial charge in [-0.15, -0.1) is 0 Å². The van der Waals surface area contributed by atoms with Gasteiger partial charge in [-0.2, -0.15) is 0 Å². The molecule has 0 spiro atoms. The van der Waals surface area contributed by atoms with E-state index in [0.717, 1.165) is 29.2 Å². The van der Waals surface area contributed by atoms with Crippen molar-refractivity contribution in [1.82, 2.24) is 0 Å². The predicted octanol–water partition coefficient (Wildman–Crippen LogP) is 7.04. The molecule has 25 heavy (non-hydrogen) atoms. The predicted molar refractivity (Wildman–Crippen MR) is 110 cm³/mol. The molecule has 4 saturated carbocycles. The lowest BCUT2D eigenvalue weighted by molar-refractivity contribution is 0.0248. The van der Waals surface area contributed by atoms with Crippen molar-refractivity contribution >= 4 is 8.07 Å². The molecular weight excluding hydrogens is 320 g/mol. The van der Waals surface area contributed by atoms with Gasteiger partial charge in [0.1, 0.15) is 0 Å². The van der Waals surface area contributed by atoms with Crippen LogP contribution in [0.5, 0.6) is 0 Å². The van der Waals surface area contributed by atoms with Crippen LogP contribution in [0.3, 0.4) is 0 Å². The van der Waals surface area contributed by atoms with Crippen molar-refractivity contribution in [2.75, 3.05) is 7.11 Å². The van der Waals surface area contributed by atoms with Crippen LogP contribution in [0.1, 0.15) is 83.5 Å². The van der Waals surface area contributed by atoms with Gasteiger partial charge in [0.25, 0.3) is 0 Å². The second-order valence-corrected chi connectivity index (χ2v) is 15.9. The Hall–Kier alpha value is 0.177. The van der Waals surface area contributed by atoms with Crippen LogP contribution in [0.15, 0.2) is 0 Å². The maximum absolute atomic E-state index is 5.64. The van der Waals surface area contributed by atoms with Crippen molar-refractivity contribution in [3.63, 3.8) is 0 Å². The fraction of sp³-hybridized carbons (Fsp3) is 1.00.